The number of alkyl carbamates (subject to hydrolysis) is 1. The summed E-state index contributed by atoms with van der Waals surface area (Å²) in [7, 11) is 0. The highest BCUT2D eigenvalue weighted by atomic mass is 16.6. The predicted octanol–water partition coefficient (Wildman–Crippen LogP) is 2.73. The van der Waals surface area contributed by atoms with Gasteiger partial charge in [0.25, 0.3) is 0 Å². The molecule has 0 heterocycles. The molecule has 0 unspecified atom stereocenters. The summed E-state index contributed by atoms with van der Waals surface area (Å²) < 4.78 is 5.23. The number of rotatable bonds is 4. The van der Waals surface area contributed by atoms with E-state index in [1.165, 1.54) is 0 Å². The van der Waals surface area contributed by atoms with E-state index in [0.717, 1.165) is 32.1 Å². The van der Waals surface area contributed by atoms with Crippen molar-refractivity contribution in [3.63, 3.8) is 0 Å². The van der Waals surface area contributed by atoms with E-state index in [-0.39, 0.29) is 12.1 Å². The average molecular weight is 286 g/mol. The van der Waals surface area contributed by atoms with Crippen molar-refractivity contribution in [1.82, 2.24) is 10.6 Å². The summed E-state index contributed by atoms with van der Waals surface area (Å²) in [5.74, 6) is 0.540. The first-order valence-electron chi connectivity index (χ1n) is 7.22. The molecule has 116 valence electrons. The lowest BCUT2D eigenvalue weighted by molar-refractivity contribution is 0.0486. The van der Waals surface area contributed by atoms with Crippen LogP contribution in [0.25, 0.3) is 0 Å². The zero-order valence-electron chi connectivity index (χ0n) is 12.6. The number of hydrogen-bond acceptors (Lipinski definition) is 3. The fraction of sp³-hybridized carbons (Fsp3) is 0.857. The van der Waals surface area contributed by atoms with Gasteiger partial charge in [-0.25, -0.2) is 9.59 Å². The number of nitrogens with one attached hydrogen (secondary N) is 2. The molecule has 1 saturated carbocycles. The van der Waals surface area contributed by atoms with E-state index in [1.54, 1.807) is 0 Å². The molecule has 1 fully saturated rings. The standard InChI is InChI=1S/C14H26N2O4/c1-14(2,3)20-13(19)16-11-6-4-10(5-7-11)8-9-15-12(17)18/h10-11,15H,4-9H2,1-3H3,(H,16,19)(H,17,18). The quantitative estimate of drug-likeness (QED) is 0.741. The highest BCUT2D eigenvalue weighted by Gasteiger charge is 2.24. The Morgan fingerprint density at radius 1 is 1.20 bits per heavy atom. The third kappa shape index (κ3) is 7.21. The summed E-state index contributed by atoms with van der Waals surface area (Å²) in [5.41, 5.74) is -0.468. The van der Waals surface area contributed by atoms with E-state index >= 15 is 0 Å². The Bertz CT molecular complexity index is 331. The summed E-state index contributed by atoms with van der Waals surface area (Å²) in [6, 6.07) is 0.175. The third-order valence-electron chi connectivity index (χ3n) is 3.40. The molecule has 0 saturated heterocycles. The molecular formula is C14H26N2O4. The normalized spacial score (nSPS) is 22.9. The van der Waals surface area contributed by atoms with Crippen molar-refractivity contribution in [2.24, 2.45) is 5.92 Å². The van der Waals surface area contributed by atoms with Crippen LogP contribution in [0.5, 0.6) is 0 Å². The topological polar surface area (TPSA) is 87.7 Å². The van der Waals surface area contributed by atoms with Crippen LogP contribution in [-0.4, -0.2) is 35.5 Å². The molecule has 1 aliphatic carbocycles. The van der Waals surface area contributed by atoms with Crippen LogP contribution in [0.1, 0.15) is 52.9 Å². The maximum absolute atomic E-state index is 11.6. The van der Waals surface area contributed by atoms with E-state index in [1.807, 2.05) is 20.8 Å². The van der Waals surface area contributed by atoms with E-state index in [2.05, 4.69) is 10.6 Å². The Hall–Kier alpha value is -1.46. The monoisotopic (exact) mass is 286 g/mol. The number of ether oxygens (including phenoxy) is 1. The van der Waals surface area contributed by atoms with Crippen LogP contribution in [0.4, 0.5) is 9.59 Å². The molecule has 0 bridgehead atoms. The van der Waals surface area contributed by atoms with Gasteiger partial charge in [-0.15, -0.1) is 0 Å². The first-order valence-corrected chi connectivity index (χ1v) is 7.22. The maximum atomic E-state index is 11.6. The van der Waals surface area contributed by atoms with Crippen LogP contribution in [0.2, 0.25) is 0 Å². The minimum atomic E-state index is -0.967. The minimum absolute atomic E-state index is 0.175. The Kier molecular flexibility index (Phi) is 6.10. The molecule has 2 amide bonds. The molecule has 0 aromatic carbocycles. The molecule has 0 atom stereocenters. The van der Waals surface area contributed by atoms with Crippen molar-refractivity contribution in [2.45, 2.75) is 64.5 Å². The van der Waals surface area contributed by atoms with Crippen LogP contribution >= 0.6 is 0 Å². The van der Waals surface area contributed by atoms with Gasteiger partial charge in [0.15, 0.2) is 0 Å². The molecule has 1 rings (SSSR count). The number of amides is 2. The van der Waals surface area contributed by atoms with Crippen molar-refractivity contribution in [1.29, 1.82) is 0 Å². The molecule has 0 spiro atoms. The zero-order valence-corrected chi connectivity index (χ0v) is 12.6. The summed E-state index contributed by atoms with van der Waals surface area (Å²) in [6.45, 7) is 6.04. The van der Waals surface area contributed by atoms with Gasteiger partial charge in [-0.3, -0.25) is 0 Å². The van der Waals surface area contributed by atoms with Crippen LogP contribution in [-0.2, 0) is 4.74 Å². The highest BCUT2D eigenvalue weighted by molar-refractivity contribution is 5.68. The molecule has 6 nitrogen and oxygen atoms in total. The van der Waals surface area contributed by atoms with E-state index < -0.39 is 11.7 Å². The molecule has 0 aromatic heterocycles. The highest BCUT2D eigenvalue weighted by Crippen LogP contribution is 2.26. The van der Waals surface area contributed by atoms with Crippen molar-refractivity contribution in [2.75, 3.05) is 6.54 Å². The van der Waals surface area contributed by atoms with E-state index in [4.69, 9.17) is 9.84 Å². The van der Waals surface area contributed by atoms with Crippen LogP contribution in [0, 0.1) is 5.92 Å². The number of hydrogen-bond donors (Lipinski definition) is 3. The fourth-order valence-electron chi connectivity index (χ4n) is 2.45. The lowest BCUT2D eigenvalue weighted by Gasteiger charge is -2.30. The third-order valence-corrected chi connectivity index (χ3v) is 3.40. The Morgan fingerprint density at radius 3 is 2.30 bits per heavy atom. The van der Waals surface area contributed by atoms with Gasteiger partial charge in [-0.05, 0) is 58.8 Å². The number of carbonyl (C=O) groups is 2. The number of carbonyl (C=O) groups excluding carboxylic acids is 1. The van der Waals surface area contributed by atoms with Crippen molar-refractivity contribution < 1.29 is 19.4 Å². The van der Waals surface area contributed by atoms with E-state index in [9.17, 15) is 9.59 Å². The molecule has 20 heavy (non-hydrogen) atoms. The SMILES string of the molecule is CC(C)(C)OC(=O)NC1CCC(CCNC(=O)O)CC1. The molecule has 0 radical (unpaired) electrons. The van der Waals surface area contributed by atoms with Gasteiger partial charge in [0.1, 0.15) is 5.60 Å². The average Bonchev–Trinajstić information content (AvgIpc) is 2.28. The summed E-state index contributed by atoms with van der Waals surface area (Å²) in [4.78, 5) is 22.0. The van der Waals surface area contributed by atoms with Crippen molar-refractivity contribution in [3.8, 4) is 0 Å². The van der Waals surface area contributed by atoms with Gasteiger partial charge in [-0.1, -0.05) is 0 Å². The second-order valence-corrected chi connectivity index (χ2v) is 6.38. The summed E-state index contributed by atoms with van der Waals surface area (Å²) in [6.07, 6.45) is 3.43. The molecule has 1 aliphatic rings. The second-order valence-electron chi connectivity index (χ2n) is 6.38. The van der Waals surface area contributed by atoms with Crippen LogP contribution < -0.4 is 10.6 Å². The van der Waals surface area contributed by atoms with Gasteiger partial charge < -0.3 is 20.5 Å². The van der Waals surface area contributed by atoms with Crippen LogP contribution in [0.3, 0.4) is 0 Å². The molecule has 3 N–H and O–H groups in total. The van der Waals surface area contributed by atoms with E-state index in [0.29, 0.717) is 12.5 Å². The number of carboxylic acid groups (broad SMARTS) is 1. The van der Waals surface area contributed by atoms with Crippen molar-refractivity contribution >= 4 is 12.2 Å². The van der Waals surface area contributed by atoms with Gasteiger partial charge in [0, 0.05) is 12.6 Å². The molecule has 0 aliphatic heterocycles. The van der Waals surface area contributed by atoms with Gasteiger partial charge in [0.05, 0.1) is 0 Å². The fourth-order valence-corrected chi connectivity index (χ4v) is 2.45. The summed E-state index contributed by atoms with van der Waals surface area (Å²) in [5, 5.41) is 13.8. The first kappa shape index (κ1) is 16.6. The molecule has 6 heteroatoms. The molecule has 0 aromatic rings. The second kappa shape index (κ2) is 7.36. The Balaban J connectivity index is 2.18. The Labute approximate surface area is 120 Å². The first-order chi connectivity index (χ1) is 9.26. The summed E-state index contributed by atoms with van der Waals surface area (Å²) >= 11 is 0. The lowest BCUT2D eigenvalue weighted by atomic mass is 9.84. The van der Waals surface area contributed by atoms with Gasteiger partial charge in [-0.2, -0.15) is 0 Å². The zero-order chi connectivity index (χ0) is 15.2. The van der Waals surface area contributed by atoms with Gasteiger partial charge >= 0.3 is 12.2 Å². The van der Waals surface area contributed by atoms with Crippen LogP contribution in [0.15, 0.2) is 0 Å². The Morgan fingerprint density at radius 2 is 1.80 bits per heavy atom. The lowest BCUT2D eigenvalue weighted by Crippen LogP contribution is -2.41. The predicted molar refractivity (Wildman–Crippen MR) is 75.8 cm³/mol. The van der Waals surface area contributed by atoms with Gasteiger partial charge in [0.2, 0.25) is 0 Å². The largest absolute Gasteiger partial charge is 0.465 e. The van der Waals surface area contributed by atoms with Crippen molar-refractivity contribution in [3.05, 3.63) is 0 Å². The smallest absolute Gasteiger partial charge is 0.407 e. The maximum Gasteiger partial charge on any atom is 0.407 e. The minimum Gasteiger partial charge on any atom is -0.465 e. The molecular weight excluding hydrogens is 260 g/mol.